The molecular formula is C42H26BN3Y23-2. The van der Waals surface area contributed by atoms with Crippen LogP contribution >= 0.6 is 0 Å². The van der Waals surface area contributed by atoms with Crippen molar-refractivity contribution in [1.82, 2.24) is 4.57 Å². The third kappa shape index (κ3) is 29.3. The maximum atomic E-state index is 3.42. The van der Waals surface area contributed by atoms with E-state index in [1.807, 2.05) is 12.1 Å². The molecule has 0 saturated heterocycles. The van der Waals surface area contributed by atoms with E-state index in [1.165, 1.54) is 60.9 Å². The van der Waals surface area contributed by atoms with Crippen molar-refractivity contribution in [2.45, 2.75) is 0 Å². The summed E-state index contributed by atoms with van der Waals surface area (Å²) in [6, 6.07) is 63.5. The molecule has 0 bridgehead atoms. The standard InChI is InChI=1S/C42H26BN3.23Y/c1-3-15-29(16-4-1)44-38-25-13-9-21-34(38)43-35-22-10-14-26-39(35)45(30-17-5-2-6-18-30)41-28-31(27-40(44)42(41)43)46-36-23-11-7-19-32(36)33-20-8-12-24-37(33)46;;;;;;;;;;;;;;;;;;;;;;;/h1-8,11-28H;;;;;;;;;;;;;;;;;;;;;;;/q-2;;;;;;;;;;;;;;;;;;;;;;;. The summed E-state index contributed by atoms with van der Waals surface area (Å²) in [5.41, 5.74) is 14.3. The average molecular weight is 2630 g/mol. The van der Waals surface area contributed by atoms with Crippen molar-refractivity contribution >= 4 is 79.0 Å². The van der Waals surface area contributed by atoms with Crippen LogP contribution in [0, 0.1) is 12.1 Å². The van der Waals surface area contributed by atoms with Gasteiger partial charge in [-0.05, 0) is 48.5 Å². The van der Waals surface area contributed by atoms with Crippen LogP contribution in [0.5, 0.6) is 0 Å². The number of hydrogen-bond donors (Lipinski definition) is 0. The Morgan fingerprint density at radius 3 is 0.942 bits per heavy atom. The largest absolute Gasteiger partial charge is 0.335 e. The van der Waals surface area contributed by atoms with E-state index in [-0.39, 0.29) is 759 Å². The molecule has 2 aliphatic heterocycles. The maximum Gasteiger partial charge on any atom is 0.117 e. The molecule has 0 atom stereocenters. The molecule has 0 spiro atoms. The second-order valence-electron chi connectivity index (χ2n) is 12.0. The summed E-state index contributed by atoms with van der Waals surface area (Å²) in [6.45, 7) is 0.0389. The van der Waals surface area contributed by atoms with Gasteiger partial charge < -0.3 is 14.4 Å². The molecule has 0 aliphatic carbocycles. The molecule has 283 valence electrons. The number of anilines is 6. The topological polar surface area (TPSA) is 11.4 Å². The van der Waals surface area contributed by atoms with E-state index < -0.39 is 0 Å². The Labute approximate surface area is 990 Å². The molecule has 1 aromatic heterocycles. The number of benzene rings is 7. The van der Waals surface area contributed by atoms with Crippen LogP contribution in [0.3, 0.4) is 0 Å². The molecule has 3 nitrogen and oxygen atoms in total. The van der Waals surface area contributed by atoms with E-state index in [0.29, 0.717) is 0 Å². The minimum Gasteiger partial charge on any atom is -0.335 e. The normalized spacial score (nSPS) is 8.72. The first-order chi connectivity index (χ1) is 22.9. The van der Waals surface area contributed by atoms with Crippen LogP contribution in [0.25, 0.3) is 27.5 Å². The van der Waals surface area contributed by atoms with Crippen LogP contribution in [0.2, 0.25) is 0 Å². The molecule has 23 radical (unpaired) electrons. The average Bonchev–Trinajstić information content (AvgIpc) is 3.46. The molecule has 3 heterocycles. The Hall–Kier alpha value is 19.4. The van der Waals surface area contributed by atoms with Gasteiger partial charge in [-0.2, -0.15) is 47.3 Å². The minimum absolute atomic E-state index is 0. The summed E-state index contributed by atoms with van der Waals surface area (Å²) >= 11 is 0. The van der Waals surface area contributed by atoms with Crippen molar-refractivity contribution in [3.63, 3.8) is 0 Å². The Bertz CT molecular complexity index is 2350. The van der Waals surface area contributed by atoms with Crippen molar-refractivity contribution < 1.29 is 752 Å². The first-order valence-corrected chi connectivity index (χ1v) is 15.7. The molecule has 0 N–H and O–H groups in total. The van der Waals surface area contributed by atoms with Crippen LogP contribution in [-0.2, 0) is 752 Å². The molecule has 0 amide bonds. The van der Waals surface area contributed by atoms with Gasteiger partial charge in [-0.1, -0.05) is 89.6 Å². The predicted molar refractivity (Wildman–Crippen MR) is 192 cm³/mol. The van der Waals surface area contributed by atoms with Crippen LogP contribution < -0.4 is 26.2 Å². The number of rotatable bonds is 3. The van der Waals surface area contributed by atoms with E-state index in [9.17, 15) is 0 Å². The summed E-state index contributed by atoms with van der Waals surface area (Å²) in [4.78, 5) is 4.88. The third-order valence-corrected chi connectivity index (χ3v) is 9.61. The van der Waals surface area contributed by atoms with Gasteiger partial charge in [0.25, 0.3) is 0 Å². The molecule has 7 aromatic carbocycles. The quantitative estimate of drug-likeness (QED) is 0.130. The van der Waals surface area contributed by atoms with Gasteiger partial charge in [-0.3, -0.25) is 0 Å². The Balaban J connectivity index is -0.000000110. The van der Waals surface area contributed by atoms with Gasteiger partial charge in [-0.25, -0.2) is 0 Å². The smallest absolute Gasteiger partial charge is 0.117 e. The Morgan fingerprint density at radius 1 is 0.304 bits per heavy atom. The maximum absolute atomic E-state index is 3.42. The van der Waals surface area contributed by atoms with Gasteiger partial charge >= 0.3 is 0 Å². The summed E-state index contributed by atoms with van der Waals surface area (Å²) in [5.74, 6) is 0. The zero-order chi connectivity index (χ0) is 30.2. The number of fused-ring (bicyclic) bond motifs is 7. The van der Waals surface area contributed by atoms with Crippen LogP contribution in [0.4, 0.5) is 34.1 Å². The first kappa shape index (κ1) is 122. The van der Waals surface area contributed by atoms with E-state index in [4.69, 9.17) is 0 Å². The number of aromatic nitrogens is 1. The van der Waals surface area contributed by atoms with E-state index in [0.717, 1.165) is 17.1 Å². The molecule has 69 heavy (non-hydrogen) atoms. The predicted octanol–water partition coefficient (Wildman–Crippen LogP) is 8.41. The summed E-state index contributed by atoms with van der Waals surface area (Å²) in [5, 5.41) is 2.51. The van der Waals surface area contributed by atoms with Gasteiger partial charge in [0.15, 0.2) is 0 Å². The van der Waals surface area contributed by atoms with Crippen LogP contribution in [0.15, 0.2) is 158 Å². The van der Waals surface area contributed by atoms with Crippen molar-refractivity contribution in [3.8, 4) is 5.69 Å². The molecule has 0 fully saturated rings. The first-order valence-electron chi connectivity index (χ1n) is 15.7. The molecule has 27 heteroatoms. The fraction of sp³-hybridized carbons (Fsp3) is 0. The molecule has 2 aliphatic rings. The van der Waals surface area contributed by atoms with Crippen LogP contribution in [-0.4, -0.2) is 11.3 Å². The van der Waals surface area contributed by atoms with E-state index in [1.54, 1.807) is 0 Å². The number of nitrogens with zero attached hydrogens (tertiary/aromatic N) is 3. The zero-order valence-corrected chi connectivity index (χ0v) is 103. The van der Waals surface area contributed by atoms with Crippen molar-refractivity contribution in [2.24, 2.45) is 0 Å². The second-order valence-corrected chi connectivity index (χ2v) is 12.0. The SMILES string of the molecule is [Y].[Y].[Y].[Y].[Y].[Y].[Y].[Y].[Y].[Y].[Y].[Y].[Y].[Y].[Y].[Y].[Y].[Y].[Y].[Y].[Y].[Y].[Y].[c-]1ccc2c(c1)B1c3c[c-]ccc3N(c3ccccc3)c3cc(-n4c5ccccc5c5ccccc54)cc(c31)N2c1ccccc1. The molecule has 0 unspecified atom stereocenters. The van der Waals surface area contributed by atoms with Gasteiger partial charge in [0, 0.05) is 786 Å². The van der Waals surface area contributed by atoms with E-state index in [2.05, 4.69) is 172 Å². The molecule has 8 aromatic rings. The Kier molecular flexibility index (Phi) is 112. The second kappa shape index (κ2) is 63.4. The monoisotopic (exact) mass is 2630 g/mol. The third-order valence-electron chi connectivity index (χ3n) is 9.61. The fourth-order valence-electron chi connectivity index (χ4n) is 7.79. The van der Waals surface area contributed by atoms with Crippen LogP contribution in [0.1, 0.15) is 0 Å². The van der Waals surface area contributed by atoms with Crippen molar-refractivity contribution in [2.75, 3.05) is 9.80 Å². The summed E-state index contributed by atoms with van der Waals surface area (Å²) in [7, 11) is 0. The van der Waals surface area contributed by atoms with Crippen molar-refractivity contribution in [3.05, 3.63) is 170 Å². The molecular weight excluding hydrogens is 2600 g/mol. The van der Waals surface area contributed by atoms with Gasteiger partial charge in [0.2, 0.25) is 0 Å². The number of hydrogen-bond acceptors (Lipinski definition) is 2. The summed E-state index contributed by atoms with van der Waals surface area (Å²) in [6.07, 6.45) is 0. The van der Waals surface area contributed by atoms with E-state index >= 15 is 0 Å². The molecule has 10 rings (SSSR count). The Morgan fingerprint density at radius 2 is 0.609 bits per heavy atom. The van der Waals surface area contributed by atoms with Crippen molar-refractivity contribution in [1.29, 1.82) is 0 Å². The zero-order valence-electron chi connectivity index (χ0n) is 38.2. The van der Waals surface area contributed by atoms with Gasteiger partial charge in [-0.15, -0.1) is 12.1 Å². The summed E-state index contributed by atoms with van der Waals surface area (Å²) < 4.78 is 2.44. The van der Waals surface area contributed by atoms with Gasteiger partial charge in [0.1, 0.15) is 6.71 Å². The fourth-order valence-corrected chi connectivity index (χ4v) is 7.79. The van der Waals surface area contributed by atoms with Gasteiger partial charge in [0.05, 0.1) is 16.7 Å². The molecule has 0 saturated carbocycles. The number of para-hydroxylation sites is 4. The minimum atomic E-state index is 0.